The predicted octanol–water partition coefficient (Wildman–Crippen LogP) is 5.89. The number of ether oxygens (including phenoxy) is 2. The number of para-hydroxylation sites is 2. The van der Waals surface area contributed by atoms with Crippen LogP contribution in [0.4, 0.5) is 9.52 Å². The molecule has 1 unspecified atom stereocenters. The third-order valence-corrected chi connectivity index (χ3v) is 7.21. The van der Waals surface area contributed by atoms with Crippen LogP contribution >= 0.6 is 11.3 Å². The number of carbonyl (C=O) groups excluding carboxylic acids is 1. The molecule has 33 heavy (non-hydrogen) atoms. The van der Waals surface area contributed by atoms with Gasteiger partial charge in [-0.1, -0.05) is 47.7 Å². The zero-order valence-corrected chi connectivity index (χ0v) is 18.6. The van der Waals surface area contributed by atoms with E-state index in [-0.39, 0.29) is 17.8 Å². The van der Waals surface area contributed by atoms with Gasteiger partial charge in [0.1, 0.15) is 17.3 Å². The minimum atomic E-state index is -0.531. The molecule has 2 aliphatic rings. The third-order valence-electron chi connectivity index (χ3n) is 6.17. The Morgan fingerprint density at radius 2 is 1.79 bits per heavy atom. The lowest BCUT2D eigenvalue weighted by atomic mass is 9.87. The Kier molecular flexibility index (Phi) is 5.08. The molecule has 5 nitrogen and oxygen atoms in total. The summed E-state index contributed by atoms with van der Waals surface area (Å²) in [6.07, 6.45) is 1.81. The number of rotatable bonds is 4. The first kappa shape index (κ1) is 20.3. The van der Waals surface area contributed by atoms with Gasteiger partial charge in [0, 0.05) is 17.7 Å². The number of carbonyl (C=O) groups is 1. The predicted molar refractivity (Wildman–Crippen MR) is 126 cm³/mol. The Labute approximate surface area is 194 Å². The molecule has 0 bridgehead atoms. The minimum absolute atomic E-state index is 0.0528. The van der Waals surface area contributed by atoms with Gasteiger partial charge in [-0.25, -0.2) is 9.37 Å². The van der Waals surface area contributed by atoms with Crippen molar-refractivity contribution in [2.24, 2.45) is 0 Å². The van der Waals surface area contributed by atoms with Crippen LogP contribution in [0.25, 0.3) is 10.2 Å². The summed E-state index contributed by atoms with van der Waals surface area (Å²) < 4.78 is 26.5. The van der Waals surface area contributed by atoms with Crippen LogP contribution in [-0.4, -0.2) is 30.1 Å². The largest absolute Gasteiger partial charge is 0.457 e. The van der Waals surface area contributed by atoms with Crippen LogP contribution in [0.5, 0.6) is 11.5 Å². The Morgan fingerprint density at radius 3 is 2.48 bits per heavy atom. The molecule has 4 aromatic rings. The Balaban J connectivity index is 1.46. The normalized spacial score (nSPS) is 17.4. The fourth-order valence-electron chi connectivity index (χ4n) is 4.59. The number of anilines is 1. The standard InChI is InChI=1S/C26H21FN2O3S/c27-16-11-12-20-23(14-16)33-26(28-20)29(15-17-6-5-13-31-17)25(30)24-18-7-1-3-9-21(18)32-22-10-4-2-8-19(22)24/h1-4,7-12,14,17,24H,5-6,13,15H2. The van der Waals surface area contributed by atoms with E-state index in [4.69, 9.17) is 14.5 Å². The molecular formula is C26H21FN2O3S. The van der Waals surface area contributed by atoms with E-state index >= 15 is 0 Å². The first-order chi connectivity index (χ1) is 16.2. The van der Waals surface area contributed by atoms with Gasteiger partial charge in [0.15, 0.2) is 5.13 Å². The van der Waals surface area contributed by atoms with Crippen molar-refractivity contribution in [3.63, 3.8) is 0 Å². The Hall–Kier alpha value is -3.29. The van der Waals surface area contributed by atoms with E-state index in [0.29, 0.717) is 40.0 Å². The zero-order chi connectivity index (χ0) is 22.4. The zero-order valence-electron chi connectivity index (χ0n) is 17.7. The van der Waals surface area contributed by atoms with E-state index in [0.717, 1.165) is 24.0 Å². The minimum Gasteiger partial charge on any atom is -0.457 e. The number of benzene rings is 3. The number of hydrogen-bond donors (Lipinski definition) is 0. The molecular weight excluding hydrogens is 439 g/mol. The second kappa shape index (κ2) is 8.24. The maximum Gasteiger partial charge on any atom is 0.241 e. The number of fused-ring (bicyclic) bond motifs is 3. The maximum atomic E-state index is 14.3. The van der Waals surface area contributed by atoms with Crippen LogP contribution in [0, 0.1) is 5.82 Å². The highest BCUT2D eigenvalue weighted by atomic mass is 32.1. The highest BCUT2D eigenvalue weighted by Gasteiger charge is 2.37. The van der Waals surface area contributed by atoms with E-state index in [2.05, 4.69) is 0 Å². The SMILES string of the molecule is O=C(C1c2ccccc2Oc2ccccc21)N(CC1CCCO1)c1nc2ccc(F)cc2s1. The van der Waals surface area contributed by atoms with Crippen molar-refractivity contribution in [1.82, 2.24) is 4.98 Å². The molecule has 1 atom stereocenters. The summed E-state index contributed by atoms with van der Waals surface area (Å²) in [5, 5.41) is 0.553. The van der Waals surface area contributed by atoms with Gasteiger partial charge in [0.25, 0.3) is 0 Å². The van der Waals surface area contributed by atoms with Crippen LogP contribution in [0.3, 0.4) is 0 Å². The smallest absolute Gasteiger partial charge is 0.241 e. The molecule has 3 heterocycles. The molecule has 0 saturated carbocycles. The lowest BCUT2D eigenvalue weighted by Crippen LogP contribution is -2.41. The average molecular weight is 461 g/mol. The molecule has 0 aliphatic carbocycles. The molecule has 2 aliphatic heterocycles. The van der Waals surface area contributed by atoms with Crippen molar-refractivity contribution < 1.29 is 18.7 Å². The van der Waals surface area contributed by atoms with Gasteiger partial charge >= 0.3 is 0 Å². The molecule has 1 aromatic heterocycles. The van der Waals surface area contributed by atoms with Crippen LogP contribution in [0.1, 0.15) is 29.9 Å². The van der Waals surface area contributed by atoms with Crippen LogP contribution in [0.2, 0.25) is 0 Å². The number of hydrogen-bond acceptors (Lipinski definition) is 5. The molecule has 1 saturated heterocycles. The van der Waals surface area contributed by atoms with Crippen molar-refractivity contribution in [1.29, 1.82) is 0 Å². The third kappa shape index (κ3) is 3.67. The first-order valence-electron chi connectivity index (χ1n) is 11.0. The summed E-state index contributed by atoms with van der Waals surface area (Å²) in [6, 6.07) is 19.8. The van der Waals surface area contributed by atoms with Crippen molar-refractivity contribution >= 4 is 32.6 Å². The van der Waals surface area contributed by atoms with Crippen molar-refractivity contribution in [3.05, 3.63) is 83.7 Å². The first-order valence-corrected chi connectivity index (χ1v) is 11.8. The summed E-state index contributed by atoms with van der Waals surface area (Å²) in [7, 11) is 0. The van der Waals surface area contributed by atoms with Crippen molar-refractivity contribution in [2.45, 2.75) is 24.9 Å². The molecule has 1 fully saturated rings. The number of amides is 1. The second-order valence-corrected chi connectivity index (χ2v) is 9.31. The van der Waals surface area contributed by atoms with Gasteiger partial charge in [0.05, 0.1) is 28.8 Å². The van der Waals surface area contributed by atoms with E-state index < -0.39 is 5.92 Å². The molecule has 7 heteroatoms. The van der Waals surface area contributed by atoms with Gasteiger partial charge in [0.2, 0.25) is 5.91 Å². The van der Waals surface area contributed by atoms with Gasteiger partial charge < -0.3 is 9.47 Å². The Bertz CT molecular complexity index is 1300. The summed E-state index contributed by atoms with van der Waals surface area (Å²) in [5.74, 6) is 0.419. The molecule has 3 aromatic carbocycles. The van der Waals surface area contributed by atoms with Gasteiger partial charge in [-0.15, -0.1) is 0 Å². The maximum absolute atomic E-state index is 14.3. The lowest BCUT2D eigenvalue weighted by Gasteiger charge is -2.32. The molecule has 0 N–H and O–H groups in total. The van der Waals surface area contributed by atoms with Gasteiger partial charge in [-0.05, 0) is 43.2 Å². The Morgan fingerprint density at radius 1 is 1.06 bits per heavy atom. The number of nitrogens with zero attached hydrogens (tertiary/aromatic N) is 2. The van der Waals surface area contributed by atoms with E-state index in [1.165, 1.54) is 23.5 Å². The van der Waals surface area contributed by atoms with Crippen LogP contribution in [-0.2, 0) is 9.53 Å². The molecule has 166 valence electrons. The molecule has 0 spiro atoms. The average Bonchev–Trinajstić information content (AvgIpc) is 3.50. The molecule has 6 rings (SSSR count). The highest BCUT2D eigenvalue weighted by Crippen LogP contribution is 2.45. The van der Waals surface area contributed by atoms with Crippen molar-refractivity contribution in [2.75, 3.05) is 18.1 Å². The summed E-state index contributed by atoms with van der Waals surface area (Å²) in [6.45, 7) is 1.10. The monoisotopic (exact) mass is 460 g/mol. The van der Waals surface area contributed by atoms with E-state index in [1.54, 1.807) is 11.0 Å². The summed E-state index contributed by atoms with van der Waals surface area (Å²) >= 11 is 1.33. The quantitative estimate of drug-likeness (QED) is 0.381. The fraction of sp³-hybridized carbons (Fsp3) is 0.231. The van der Waals surface area contributed by atoms with E-state index in [1.807, 2.05) is 48.5 Å². The lowest BCUT2D eigenvalue weighted by molar-refractivity contribution is -0.119. The molecule has 1 amide bonds. The van der Waals surface area contributed by atoms with Crippen LogP contribution < -0.4 is 9.64 Å². The molecule has 0 radical (unpaired) electrons. The topological polar surface area (TPSA) is 51.7 Å². The summed E-state index contributed by atoms with van der Waals surface area (Å²) in [5.41, 5.74) is 2.32. The van der Waals surface area contributed by atoms with Gasteiger partial charge in [-0.2, -0.15) is 0 Å². The van der Waals surface area contributed by atoms with Crippen LogP contribution in [0.15, 0.2) is 66.7 Å². The second-order valence-electron chi connectivity index (χ2n) is 8.30. The number of halogens is 1. The van der Waals surface area contributed by atoms with Crippen molar-refractivity contribution in [3.8, 4) is 11.5 Å². The number of aromatic nitrogens is 1. The van der Waals surface area contributed by atoms with E-state index in [9.17, 15) is 9.18 Å². The highest BCUT2D eigenvalue weighted by molar-refractivity contribution is 7.22. The summed E-state index contributed by atoms with van der Waals surface area (Å²) in [4.78, 5) is 20.7. The van der Waals surface area contributed by atoms with Gasteiger partial charge in [-0.3, -0.25) is 9.69 Å². The number of thiazole rings is 1. The fourth-order valence-corrected chi connectivity index (χ4v) is 5.59.